The lowest BCUT2D eigenvalue weighted by Crippen LogP contribution is -2.43. The summed E-state index contributed by atoms with van der Waals surface area (Å²) in [5.74, 6) is 0.887. The number of amides is 1. The molecule has 1 aliphatic heterocycles. The third kappa shape index (κ3) is 4.74. The lowest BCUT2D eigenvalue weighted by atomic mass is 9.96. The molecule has 1 atom stereocenters. The summed E-state index contributed by atoms with van der Waals surface area (Å²) in [6.07, 6.45) is 4.12. The van der Waals surface area contributed by atoms with Crippen molar-refractivity contribution in [3.8, 4) is 6.07 Å². The summed E-state index contributed by atoms with van der Waals surface area (Å²) in [7, 11) is 1.78. The second kappa shape index (κ2) is 7.29. The maximum absolute atomic E-state index is 11.9. The first kappa shape index (κ1) is 14.0. The Kier molecular flexibility index (Phi) is 5.99. The highest BCUT2D eigenvalue weighted by Gasteiger charge is 2.21. The molecule has 1 saturated heterocycles. The van der Waals surface area contributed by atoms with Crippen molar-refractivity contribution in [2.45, 2.75) is 32.6 Å². The predicted molar refractivity (Wildman–Crippen MR) is 67.3 cm³/mol. The van der Waals surface area contributed by atoms with E-state index in [-0.39, 0.29) is 5.91 Å². The van der Waals surface area contributed by atoms with Gasteiger partial charge in [-0.3, -0.25) is 9.69 Å². The molecule has 0 aromatic carbocycles. The number of piperidine rings is 1. The van der Waals surface area contributed by atoms with Crippen LogP contribution in [0.5, 0.6) is 0 Å². The molecule has 96 valence electrons. The summed E-state index contributed by atoms with van der Waals surface area (Å²) >= 11 is 0. The highest BCUT2D eigenvalue weighted by molar-refractivity contribution is 5.78. The van der Waals surface area contributed by atoms with Crippen molar-refractivity contribution >= 4 is 5.91 Å². The molecular weight excluding hydrogens is 214 g/mol. The van der Waals surface area contributed by atoms with Crippen LogP contribution in [0.2, 0.25) is 0 Å². The zero-order valence-electron chi connectivity index (χ0n) is 11.0. The van der Waals surface area contributed by atoms with E-state index in [9.17, 15) is 4.79 Å². The molecule has 4 heteroatoms. The fraction of sp³-hybridized carbons (Fsp3) is 0.846. The predicted octanol–water partition coefficient (Wildman–Crippen LogP) is 1.48. The Morgan fingerprint density at radius 2 is 2.35 bits per heavy atom. The lowest BCUT2D eigenvalue weighted by Gasteiger charge is -2.32. The Balaban J connectivity index is 2.32. The second-order valence-corrected chi connectivity index (χ2v) is 4.88. The minimum Gasteiger partial charge on any atom is -0.344 e. The first-order valence-corrected chi connectivity index (χ1v) is 6.50. The topological polar surface area (TPSA) is 47.3 Å². The quantitative estimate of drug-likeness (QED) is 0.727. The molecule has 0 aromatic rings. The average Bonchev–Trinajstić information content (AvgIpc) is 2.36. The molecule has 1 aliphatic rings. The molecular formula is C13H23N3O. The molecule has 1 amide bonds. The van der Waals surface area contributed by atoms with E-state index in [2.05, 4.69) is 17.9 Å². The minimum absolute atomic E-state index is 0.136. The summed E-state index contributed by atoms with van der Waals surface area (Å²) in [6, 6.07) is 2.07. The first-order chi connectivity index (χ1) is 8.17. The van der Waals surface area contributed by atoms with Crippen LogP contribution in [0.4, 0.5) is 0 Å². The summed E-state index contributed by atoms with van der Waals surface area (Å²) in [4.78, 5) is 15.8. The van der Waals surface area contributed by atoms with E-state index in [4.69, 9.17) is 5.26 Å². The van der Waals surface area contributed by atoms with E-state index in [1.807, 2.05) is 0 Å². The van der Waals surface area contributed by atoms with Crippen molar-refractivity contribution in [3.63, 3.8) is 0 Å². The summed E-state index contributed by atoms with van der Waals surface area (Å²) < 4.78 is 0. The van der Waals surface area contributed by atoms with Gasteiger partial charge in [0.2, 0.25) is 5.91 Å². The molecule has 0 aromatic heterocycles. The molecule has 0 aliphatic carbocycles. The third-order valence-electron chi connectivity index (χ3n) is 3.52. The van der Waals surface area contributed by atoms with Gasteiger partial charge in [-0.15, -0.1) is 0 Å². The van der Waals surface area contributed by atoms with Crippen molar-refractivity contribution in [1.29, 1.82) is 5.26 Å². The van der Waals surface area contributed by atoms with Gasteiger partial charge in [0.25, 0.3) is 0 Å². The van der Waals surface area contributed by atoms with Crippen molar-refractivity contribution in [1.82, 2.24) is 9.80 Å². The number of hydrogen-bond donors (Lipinski definition) is 0. The minimum atomic E-state index is 0.136. The molecule has 1 fully saturated rings. The van der Waals surface area contributed by atoms with Gasteiger partial charge >= 0.3 is 0 Å². The Morgan fingerprint density at radius 1 is 1.59 bits per heavy atom. The van der Waals surface area contributed by atoms with Crippen LogP contribution < -0.4 is 0 Å². The van der Waals surface area contributed by atoms with E-state index in [0.717, 1.165) is 19.0 Å². The van der Waals surface area contributed by atoms with Gasteiger partial charge in [0.15, 0.2) is 0 Å². The van der Waals surface area contributed by atoms with Crippen LogP contribution in [0.1, 0.15) is 32.6 Å². The van der Waals surface area contributed by atoms with Gasteiger partial charge in [0.05, 0.1) is 19.0 Å². The highest BCUT2D eigenvalue weighted by Crippen LogP contribution is 2.18. The Labute approximate surface area is 104 Å². The van der Waals surface area contributed by atoms with Crippen molar-refractivity contribution in [2.75, 3.05) is 33.2 Å². The van der Waals surface area contributed by atoms with Gasteiger partial charge in [-0.25, -0.2) is 0 Å². The van der Waals surface area contributed by atoms with Crippen LogP contribution in [-0.4, -0.2) is 48.9 Å². The van der Waals surface area contributed by atoms with Crippen molar-refractivity contribution in [2.24, 2.45) is 5.92 Å². The van der Waals surface area contributed by atoms with Crippen LogP contribution in [-0.2, 0) is 4.79 Å². The lowest BCUT2D eigenvalue weighted by molar-refractivity contribution is -0.131. The van der Waals surface area contributed by atoms with Crippen LogP contribution in [0.15, 0.2) is 0 Å². The number of carbonyl (C=O) groups excluding carboxylic acids is 1. The second-order valence-electron chi connectivity index (χ2n) is 4.88. The third-order valence-corrected chi connectivity index (χ3v) is 3.52. The standard InChI is InChI=1S/C13H23N3O/c1-3-12-6-4-9-16(10-12)11-13(17)15(2)8-5-7-14/h12H,3-6,8-11H2,1-2H3. The van der Waals surface area contributed by atoms with Crippen LogP contribution >= 0.6 is 0 Å². The van der Waals surface area contributed by atoms with Crippen LogP contribution in [0.3, 0.4) is 0 Å². The fourth-order valence-electron chi connectivity index (χ4n) is 2.28. The number of nitrogens with zero attached hydrogens (tertiary/aromatic N) is 3. The molecule has 17 heavy (non-hydrogen) atoms. The SMILES string of the molecule is CCC1CCCN(CC(=O)N(C)CCC#N)C1. The van der Waals surface area contributed by atoms with E-state index >= 15 is 0 Å². The summed E-state index contributed by atoms with van der Waals surface area (Å²) in [6.45, 7) is 5.36. The molecule has 0 N–H and O–H groups in total. The van der Waals surface area contributed by atoms with E-state index < -0.39 is 0 Å². The van der Waals surface area contributed by atoms with Gasteiger partial charge in [0, 0.05) is 20.1 Å². The van der Waals surface area contributed by atoms with E-state index in [1.165, 1.54) is 19.3 Å². The van der Waals surface area contributed by atoms with Gasteiger partial charge in [-0.05, 0) is 25.3 Å². The monoisotopic (exact) mass is 237 g/mol. The smallest absolute Gasteiger partial charge is 0.236 e. The molecule has 0 saturated carbocycles. The number of carbonyl (C=O) groups is 1. The van der Waals surface area contributed by atoms with E-state index in [1.54, 1.807) is 11.9 Å². The first-order valence-electron chi connectivity index (χ1n) is 6.50. The number of rotatable bonds is 5. The number of nitriles is 1. The van der Waals surface area contributed by atoms with Crippen molar-refractivity contribution in [3.05, 3.63) is 0 Å². The van der Waals surface area contributed by atoms with Gasteiger partial charge in [0.1, 0.15) is 0 Å². The average molecular weight is 237 g/mol. The molecule has 1 rings (SSSR count). The summed E-state index contributed by atoms with van der Waals surface area (Å²) in [5, 5.41) is 8.49. The maximum atomic E-state index is 11.9. The molecule has 0 radical (unpaired) electrons. The zero-order chi connectivity index (χ0) is 12.7. The molecule has 1 unspecified atom stereocenters. The number of hydrogen-bond acceptors (Lipinski definition) is 3. The van der Waals surface area contributed by atoms with Gasteiger partial charge < -0.3 is 4.90 Å². The van der Waals surface area contributed by atoms with E-state index in [0.29, 0.717) is 19.5 Å². The Morgan fingerprint density at radius 3 is 3.00 bits per heavy atom. The Bertz CT molecular complexity index is 285. The van der Waals surface area contributed by atoms with Gasteiger partial charge in [-0.2, -0.15) is 5.26 Å². The van der Waals surface area contributed by atoms with Crippen molar-refractivity contribution < 1.29 is 4.79 Å². The molecule has 1 heterocycles. The molecule has 4 nitrogen and oxygen atoms in total. The highest BCUT2D eigenvalue weighted by atomic mass is 16.2. The number of likely N-dealkylation sites (N-methyl/N-ethyl adjacent to an activating group) is 1. The van der Waals surface area contributed by atoms with Crippen LogP contribution in [0, 0.1) is 17.2 Å². The normalized spacial score (nSPS) is 20.9. The molecule has 0 spiro atoms. The fourth-order valence-corrected chi connectivity index (χ4v) is 2.28. The maximum Gasteiger partial charge on any atom is 0.236 e. The number of likely N-dealkylation sites (tertiary alicyclic amines) is 1. The molecule has 0 bridgehead atoms. The van der Waals surface area contributed by atoms with Crippen LogP contribution in [0.25, 0.3) is 0 Å². The summed E-state index contributed by atoms with van der Waals surface area (Å²) in [5.41, 5.74) is 0. The zero-order valence-corrected chi connectivity index (χ0v) is 11.0. The Hall–Kier alpha value is -1.08. The van der Waals surface area contributed by atoms with Gasteiger partial charge in [-0.1, -0.05) is 13.3 Å². The largest absolute Gasteiger partial charge is 0.344 e.